The molecule has 2 saturated heterocycles. The molecule has 0 atom stereocenters. The van der Waals surface area contributed by atoms with Gasteiger partial charge in [-0.05, 0) is 74.0 Å². The molecule has 0 radical (unpaired) electrons. The normalized spacial score (nSPS) is 19.5. The van der Waals surface area contributed by atoms with Gasteiger partial charge >= 0.3 is 0 Å². The van der Waals surface area contributed by atoms with Gasteiger partial charge in [0.2, 0.25) is 5.78 Å². The molecule has 2 fully saturated rings. The minimum Gasteiger partial charge on any atom is -0.354 e. The van der Waals surface area contributed by atoms with E-state index in [2.05, 4.69) is 42.7 Å². The van der Waals surface area contributed by atoms with E-state index in [1.165, 1.54) is 25.9 Å². The van der Waals surface area contributed by atoms with Crippen molar-refractivity contribution in [2.45, 2.75) is 25.8 Å². The monoisotopic (exact) mass is 457 g/mol. The molecule has 2 aliphatic rings. The third-order valence-electron chi connectivity index (χ3n) is 6.11. The van der Waals surface area contributed by atoms with Gasteiger partial charge in [-0.1, -0.05) is 6.07 Å². The molecular weight excluding hydrogens is 430 g/mol. The largest absolute Gasteiger partial charge is 0.354 e. The van der Waals surface area contributed by atoms with Crippen LogP contribution >= 0.6 is 15.9 Å². The maximum absolute atomic E-state index is 13.0. The molecule has 0 aliphatic carbocycles. The van der Waals surface area contributed by atoms with Crippen LogP contribution in [-0.2, 0) is 0 Å². The maximum atomic E-state index is 13.0. The van der Waals surface area contributed by atoms with Gasteiger partial charge in [0.15, 0.2) is 0 Å². The molecular formula is C22H28BrN5O. The van der Waals surface area contributed by atoms with Gasteiger partial charge in [-0.25, -0.2) is 4.98 Å². The molecule has 4 rings (SSSR count). The van der Waals surface area contributed by atoms with Gasteiger partial charge in [0.25, 0.3) is 0 Å². The Morgan fingerprint density at radius 2 is 1.83 bits per heavy atom. The summed E-state index contributed by atoms with van der Waals surface area (Å²) < 4.78 is 0.799. The summed E-state index contributed by atoms with van der Waals surface area (Å²) >= 11 is 3.41. The zero-order chi connectivity index (χ0) is 20.4. The maximum Gasteiger partial charge on any atom is 0.213 e. The Morgan fingerprint density at radius 1 is 1.10 bits per heavy atom. The van der Waals surface area contributed by atoms with E-state index < -0.39 is 0 Å². The van der Waals surface area contributed by atoms with Crippen LogP contribution in [0.5, 0.6) is 0 Å². The van der Waals surface area contributed by atoms with Crippen LogP contribution in [0.1, 0.15) is 34.6 Å². The van der Waals surface area contributed by atoms with E-state index in [1.54, 1.807) is 12.3 Å². The van der Waals surface area contributed by atoms with Crippen LogP contribution in [0.15, 0.2) is 34.9 Å². The Morgan fingerprint density at radius 3 is 2.55 bits per heavy atom. The smallest absolute Gasteiger partial charge is 0.213 e. The van der Waals surface area contributed by atoms with Crippen LogP contribution in [-0.4, -0.2) is 77.9 Å². The molecule has 2 aromatic heterocycles. The molecule has 0 aromatic carbocycles. The van der Waals surface area contributed by atoms with E-state index in [-0.39, 0.29) is 5.78 Å². The van der Waals surface area contributed by atoms with Crippen LogP contribution in [0.2, 0.25) is 0 Å². The predicted molar refractivity (Wildman–Crippen MR) is 119 cm³/mol. The summed E-state index contributed by atoms with van der Waals surface area (Å²) in [6.07, 6.45) is 4.23. The molecule has 0 amide bonds. The van der Waals surface area contributed by atoms with Crippen molar-refractivity contribution < 1.29 is 4.79 Å². The van der Waals surface area contributed by atoms with Crippen molar-refractivity contribution in [1.82, 2.24) is 19.8 Å². The lowest BCUT2D eigenvalue weighted by Crippen LogP contribution is -2.53. The van der Waals surface area contributed by atoms with Crippen molar-refractivity contribution in [2.24, 2.45) is 0 Å². The lowest BCUT2D eigenvalue weighted by Gasteiger charge is -2.42. The fourth-order valence-corrected chi connectivity index (χ4v) is 4.61. The Labute approximate surface area is 181 Å². The lowest BCUT2D eigenvalue weighted by molar-refractivity contribution is 0.103. The molecule has 0 spiro atoms. The van der Waals surface area contributed by atoms with Crippen molar-refractivity contribution in [3.63, 3.8) is 0 Å². The first-order chi connectivity index (χ1) is 14.0. The fraction of sp³-hybridized carbons (Fsp3) is 0.500. The van der Waals surface area contributed by atoms with Crippen molar-refractivity contribution in [3.05, 3.63) is 51.9 Å². The lowest BCUT2D eigenvalue weighted by atomic mass is 10.0. The Kier molecular flexibility index (Phi) is 6.27. The number of hydrogen-bond donors (Lipinski definition) is 0. The first-order valence-electron chi connectivity index (χ1n) is 10.3. The second-order valence-electron chi connectivity index (χ2n) is 8.05. The number of pyridine rings is 2. The van der Waals surface area contributed by atoms with Crippen molar-refractivity contribution in [1.29, 1.82) is 0 Å². The van der Waals surface area contributed by atoms with E-state index in [0.717, 1.165) is 42.2 Å². The number of hydrogen-bond acceptors (Lipinski definition) is 6. The van der Waals surface area contributed by atoms with E-state index in [0.29, 0.717) is 17.3 Å². The zero-order valence-corrected chi connectivity index (χ0v) is 18.7. The average Bonchev–Trinajstić information content (AvgIpc) is 2.76. The second kappa shape index (κ2) is 8.90. The van der Waals surface area contributed by atoms with Crippen LogP contribution < -0.4 is 4.90 Å². The molecule has 7 heteroatoms. The highest BCUT2D eigenvalue weighted by Gasteiger charge is 2.27. The van der Waals surface area contributed by atoms with E-state index in [9.17, 15) is 4.79 Å². The van der Waals surface area contributed by atoms with E-state index >= 15 is 0 Å². The SMILES string of the molecule is Cc1ncc(Br)cc1C(=O)c1cccc(N2CCN(C3CCN(C)CC3)CC2)n1. The Balaban J connectivity index is 1.43. The number of aromatic nitrogens is 2. The highest BCUT2D eigenvalue weighted by atomic mass is 79.9. The summed E-state index contributed by atoms with van der Waals surface area (Å²) in [4.78, 5) is 29.3. The van der Waals surface area contributed by atoms with Crippen molar-refractivity contribution >= 4 is 27.5 Å². The third-order valence-corrected chi connectivity index (χ3v) is 6.54. The van der Waals surface area contributed by atoms with Crippen LogP contribution in [0, 0.1) is 6.92 Å². The first kappa shape index (κ1) is 20.4. The Bertz CT molecular complexity index is 873. The summed E-state index contributed by atoms with van der Waals surface area (Å²) in [5.41, 5.74) is 1.79. The van der Waals surface area contributed by atoms with Gasteiger partial charge in [-0.15, -0.1) is 0 Å². The first-order valence-corrected chi connectivity index (χ1v) is 11.1. The molecule has 0 unspecified atom stereocenters. The number of carbonyl (C=O) groups excluding carboxylic acids is 1. The number of piperidine rings is 1. The van der Waals surface area contributed by atoms with Crippen LogP contribution in [0.4, 0.5) is 5.82 Å². The van der Waals surface area contributed by atoms with Crippen molar-refractivity contribution in [2.75, 3.05) is 51.2 Å². The molecule has 0 N–H and O–H groups in total. The molecule has 2 aromatic rings. The standard InChI is InChI=1S/C22H28BrN5O/c1-16-19(14-17(23)15-24-16)22(29)20-4-3-5-21(25-20)28-12-10-27(11-13-28)18-6-8-26(2)9-7-18/h3-5,14-15,18H,6-13H2,1-2H3. The zero-order valence-electron chi connectivity index (χ0n) is 17.1. The second-order valence-corrected chi connectivity index (χ2v) is 8.97. The molecule has 29 heavy (non-hydrogen) atoms. The van der Waals surface area contributed by atoms with Gasteiger partial charge in [0.1, 0.15) is 11.5 Å². The topological polar surface area (TPSA) is 52.6 Å². The highest BCUT2D eigenvalue weighted by Crippen LogP contribution is 2.22. The number of rotatable bonds is 4. The van der Waals surface area contributed by atoms with E-state index in [4.69, 9.17) is 4.98 Å². The number of carbonyl (C=O) groups is 1. The summed E-state index contributed by atoms with van der Waals surface area (Å²) in [6.45, 7) is 8.27. The summed E-state index contributed by atoms with van der Waals surface area (Å²) in [5, 5.41) is 0. The van der Waals surface area contributed by atoms with Gasteiger partial charge in [-0.2, -0.15) is 0 Å². The summed E-state index contributed by atoms with van der Waals surface area (Å²) in [7, 11) is 2.21. The molecule has 6 nitrogen and oxygen atoms in total. The number of likely N-dealkylation sites (tertiary alicyclic amines) is 1. The van der Waals surface area contributed by atoms with Crippen LogP contribution in [0.3, 0.4) is 0 Å². The van der Waals surface area contributed by atoms with Gasteiger partial charge in [0, 0.05) is 54.1 Å². The minimum atomic E-state index is -0.0805. The predicted octanol–water partition coefficient (Wildman–Crippen LogP) is 2.99. The molecule has 154 valence electrons. The number of anilines is 1. The molecule has 0 saturated carbocycles. The minimum absolute atomic E-state index is 0.0805. The molecule has 0 bridgehead atoms. The van der Waals surface area contributed by atoms with E-state index in [1.807, 2.05) is 25.1 Å². The van der Waals surface area contributed by atoms with Crippen LogP contribution in [0.25, 0.3) is 0 Å². The van der Waals surface area contributed by atoms with Gasteiger partial charge in [0.05, 0.1) is 0 Å². The summed E-state index contributed by atoms with van der Waals surface area (Å²) in [5.74, 6) is 0.808. The Hall–Kier alpha value is -1.83. The number of piperazine rings is 1. The number of nitrogens with zero attached hydrogens (tertiary/aromatic N) is 5. The van der Waals surface area contributed by atoms with Crippen molar-refractivity contribution in [3.8, 4) is 0 Å². The number of ketones is 1. The number of halogens is 1. The highest BCUT2D eigenvalue weighted by molar-refractivity contribution is 9.10. The fourth-order valence-electron chi connectivity index (χ4n) is 4.28. The van der Waals surface area contributed by atoms with Gasteiger partial charge in [-0.3, -0.25) is 14.7 Å². The molecule has 4 heterocycles. The average molecular weight is 458 g/mol. The quantitative estimate of drug-likeness (QED) is 0.657. The summed E-state index contributed by atoms with van der Waals surface area (Å²) in [6, 6.07) is 8.26. The number of aryl methyl sites for hydroxylation is 1. The third kappa shape index (κ3) is 4.68. The van der Waals surface area contributed by atoms with Gasteiger partial charge < -0.3 is 9.80 Å². The molecule has 2 aliphatic heterocycles.